The van der Waals surface area contributed by atoms with Gasteiger partial charge in [-0.3, -0.25) is 0 Å². The summed E-state index contributed by atoms with van der Waals surface area (Å²) < 4.78 is 5.18. The number of hydrogen-bond acceptors (Lipinski definition) is 3. The highest BCUT2D eigenvalue weighted by molar-refractivity contribution is 5.67. The summed E-state index contributed by atoms with van der Waals surface area (Å²) in [6.07, 6.45) is 0.644. The van der Waals surface area contributed by atoms with Crippen molar-refractivity contribution in [1.82, 2.24) is 10.6 Å². The van der Waals surface area contributed by atoms with Crippen molar-refractivity contribution in [2.75, 3.05) is 13.1 Å². The molecule has 0 aromatic carbocycles. The molecule has 102 valence electrons. The molecule has 1 unspecified atom stereocenters. The standard InChI is InChI=1S/C13H28N2O2/c1-7-11(14-8-10(2)3)9-15-12(16)17-13(4,5)6/h10-11,14H,7-9H2,1-6H3,(H,15,16). The first-order valence-electron chi connectivity index (χ1n) is 6.44. The lowest BCUT2D eigenvalue weighted by Crippen LogP contribution is -2.43. The van der Waals surface area contributed by atoms with Gasteiger partial charge in [0, 0.05) is 12.6 Å². The predicted molar refractivity (Wildman–Crippen MR) is 71.2 cm³/mol. The first kappa shape index (κ1) is 16.2. The maximum absolute atomic E-state index is 11.5. The average molecular weight is 244 g/mol. The van der Waals surface area contributed by atoms with Crippen LogP contribution in [0.1, 0.15) is 48.0 Å². The molecule has 0 aromatic rings. The molecule has 17 heavy (non-hydrogen) atoms. The van der Waals surface area contributed by atoms with Gasteiger partial charge in [0.15, 0.2) is 0 Å². The number of carbonyl (C=O) groups is 1. The lowest BCUT2D eigenvalue weighted by Gasteiger charge is -2.22. The zero-order chi connectivity index (χ0) is 13.5. The van der Waals surface area contributed by atoms with Crippen LogP contribution in [0.4, 0.5) is 4.79 Å². The molecule has 0 bridgehead atoms. The third-order valence-electron chi connectivity index (χ3n) is 2.20. The van der Waals surface area contributed by atoms with Gasteiger partial charge < -0.3 is 15.4 Å². The van der Waals surface area contributed by atoms with Crippen molar-refractivity contribution in [3.63, 3.8) is 0 Å². The summed E-state index contributed by atoms with van der Waals surface area (Å²) in [5.41, 5.74) is -0.433. The van der Waals surface area contributed by atoms with Gasteiger partial charge in [0.1, 0.15) is 5.60 Å². The molecular weight excluding hydrogens is 216 g/mol. The highest BCUT2D eigenvalue weighted by Gasteiger charge is 2.16. The number of alkyl carbamates (subject to hydrolysis) is 1. The van der Waals surface area contributed by atoms with E-state index in [0.717, 1.165) is 13.0 Å². The Hall–Kier alpha value is -0.770. The van der Waals surface area contributed by atoms with Gasteiger partial charge in [0.2, 0.25) is 0 Å². The van der Waals surface area contributed by atoms with Crippen molar-refractivity contribution in [2.45, 2.75) is 59.6 Å². The summed E-state index contributed by atoms with van der Waals surface area (Å²) in [6, 6.07) is 0.310. The zero-order valence-electron chi connectivity index (χ0n) is 12.1. The van der Waals surface area contributed by atoms with Crippen LogP contribution in [-0.4, -0.2) is 30.8 Å². The molecule has 4 nitrogen and oxygen atoms in total. The lowest BCUT2D eigenvalue weighted by atomic mass is 10.1. The molecule has 0 aliphatic rings. The van der Waals surface area contributed by atoms with Crippen LogP contribution in [-0.2, 0) is 4.74 Å². The second-order valence-electron chi connectivity index (χ2n) is 5.79. The Kier molecular flexibility index (Phi) is 7.19. The molecule has 1 amide bonds. The van der Waals surface area contributed by atoms with Crippen molar-refractivity contribution in [3.8, 4) is 0 Å². The van der Waals surface area contributed by atoms with Gasteiger partial charge in [0.05, 0.1) is 0 Å². The summed E-state index contributed by atoms with van der Waals surface area (Å²) in [7, 11) is 0. The fourth-order valence-corrected chi connectivity index (χ4v) is 1.28. The van der Waals surface area contributed by atoms with Crippen LogP contribution in [0.2, 0.25) is 0 Å². The number of amides is 1. The molecule has 0 saturated heterocycles. The Labute approximate surface area is 105 Å². The third kappa shape index (κ3) is 10.1. The predicted octanol–water partition coefficient (Wildman–Crippen LogP) is 2.54. The minimum absolute atomic E-state index is 0.310. The molecule has 2 N–H and O–H groups in total. The van der Waals surface area contributed by atoms with E-state index >= 15 is 0 Å². The number of rotatable bonds is 6. The van der Waals surface area contributed by atoms with Gasteiger partial charge in [-0.05, 0) is 39.7 Å². The van der Waals surface area contributed by atoms with Crippen LogP contribution >= 0.6 is 0 Å². The van der Waals surface area contributed by atoms with E-state index in [2.05, 4.69) is 31.4 Å². The Morgan fingerprint density at radius 3 is 2.24 bits per heavy atom. The van der Waals surface area contributed by atoms with Crippen molar-refractivity contribution >= 4 is 6.09 Å². The molecule has 0 heterocycles. The summed E-state index contributed by atoms with van der Waals surface area (Å²) in [5, 5.41) is 6.21. The minimum Gasteiger partial charge on any atom is -0.444 e. The lowest BCUT2D eigenvalue weighted by molar-refractivity contribution is 0.0522. The van der Waals surface area contributed by atoms with Crippen LogP contribution in [0, 0.1) is 5.92 Å². The average Bonchev–Trinajstić information content (AvgIpc) is 2.14. The van der Waals surface area contributed by atoms with Crippen molar-refractivity contribution in [1.29, 1.82) is 0 Å². The Morgan fingerprint density at radius 2 is 1.82 bits per heavy atom. The van der Waals surface area contributed by atoms with Gasteiger partial charge >= 0.3 is 6.09 Å². The second kappa shape index (κ2) is 7.54. The quantitative estimate of drug-likeness (QED) is 0.755. The SMILES string of the molecule is CCC(CNC(=O)OC(C)(C)C)NCC(C)C. The molecule has 0 aliphatic heterocycles. The van der Waals surface area contributed by atoms with Gasteiger partial charge in [-0.15, -0.1) is 0 Å². The van der Waals surface area contributed by atoms with Crippen molar-refractivity contribution < 1.29 is 9.53 Å². The highest BCUT2D eigenvalue weighted by Crippen LogP contribution is 2.06. The number of ether oxygens (including phenoxy) is 1. The molecule has 0 fully saturated rings. The molecule has 0 rings (SSSR count). The van der Waals surface area contributed by atoms with Crippen LogP contribution < -0.4 is 10.6 Å². The topological polar surface area (TPSA) is 50.4 Å². The van der Waals surface area contributed by atoms with Gasteiger partial charge in [-0.25, -0.2) is 4.79 Å². The first-order valence-corrected chi connectivity index (χ1v) is 6.44. The molecule has 1 atom stereocenters. The van der Waals surface area contributed by atoms with Gasteiger partial charge in [-0.2, -0.15) is 0 Å². The van der Waals surface area contributed by atoms with E-state index in [1.807, 2.05) is 20.8 Å². The van der Waals surface area contributed by atoms with Crippen LogP contribution in [0.15, 0.2) is 0 Å². The van der Waals surface area contributed by atoms with E-state index in [0.29, 0.717) is 18.5 Å². The number of hydrogen-bond donors (Lipinski definition) is 2. The largest absolute Gasteiger partial charge is 0.444 e. The molecule has 0 aliphatic carbocycles. The summed E-state index contributed by atoms with van der Waals surface area (Å²) in [6.45, 7) is 13.6. The molecule has 0 radical (unpaired) electrons. The maximum atomic E-state index is 11.5. The Balaban J connectivity index is 3.86. The van der Waals surface area contributed by atoms with Crippen LogP contribution in [0.25, 0.3) is 0 Å². The van der Waals surface area contributed by atoms with Crippen LogP contribution in [0.3, 0.4) is 0 Å². The van der Waals surface area contributed by atoms with Crippen molar-refractivity contribution in [3.05, 3.63) is 0 Å². The van der Waals surface area contributed by atoms with E-state index in [1.54, 1.807) is 0 Å². The fourth-order valence-electron chi connectivity index (χ4n) is 1.28. The van der Waals surface area contributed by atoms with E-state index in [9.17, 15) is 4.79 Å². The molecule has 0 spiro atoms. The zero-order valence-corrected chi connectivity index (χ0v) is 12.1. The van der Waals surface area contributed by atoms with Crippen LogP contribution in [0.5, 0.6) is 0 Å². The smallest absolute Gasteiger partial charge is 0.407 e. The molecular formula is C13H28N2O2. The second-order valence-corrected chi connectivity index (χ2v) is 5.79. The fraction of sp³-hybridized carbons (Fsp3) is 0.923. The molecule has 0 aromatic heterocycles. The first-order chi connectivity index (χ1) is 7.74. The van der Waals surface area contributed by atoms with E-state index in [-0.39, 0.29) is 6.09 Å². The van der Waals surface area contributed by atoms with E-state index < -0.39 is 5.60 Å². The normalized spacial score (nSPS) is 13.6. The van der Waals surface area contributed by atoms with Gasteiger partial charge in [0.25, 0.3) is 0 Å². The van der Waals surface area contributed by atoms with E-state index in [4.69, 9.17) is 4.74 Å². The highest BCUT2D eigenvalue weighted by atomic mass is 16.6. The molecule has 0 saturated carbocycles. The molecule has 4 heteroatoms. The van der Waals surface area contributed by atoms with E-state index in [1.165, 1.54) is 0 Å². The third-order valence-corrected chi connectivity index (χ3v) is 2.20. The summed E-state index contributed by atoms with van der Waals surface area (Å²) in [5.74, 6) is 0.616. The maximum Gasteiger partial charge on any atom is 0.407 e. The van der Waals surface area contributed by atoms with Crippen molar-refractivity contribution in [2.24, 2.45) is 5.92 Å². The summed E-state index contributed by atoms with van der Waals surface area (Å²) >= 11 is 0. The number of nitrogens with one attached hydrogen (secondary N) is 2. The Bertz CT molecular complexity index is 222. The monoisotopic (exact) mass is 244 g/mol. The van der Waals surface area contributed by atoms with Gasteiger partial charge in [-0.1, -0.05) is 20.8 Å². The number of carbonyl (C=O) groups excluding carboxylic acids is 1. The Morgan fingerprint density at radius 1 is 1.24 bits per heavy atom. The summed E-state index contributed by atoms with van der Waals surface area (Å²) in [4.78, 5) is 11.5. The minimum atomic E-state index is -0.433.